The summed E-state index contributed by atoms with van der Waals surface area (Å²) in [5, 5.41) is 0.713. The molecular formula is C13H15ClOSe. The molecule has 0 atom stereocenters. The Morgan fingerprint density at radius 2 is 2.06 bits per heavy atom. The van der Waals surface area contributed by atoms with E-state index in [0.717, 1.165) is 17.3 Å². The molecule has 0 aromatic heterocycles. The fourth-order valence-electron chi connectivity index (χ4n) is 1.15. The van der Waals surface area contributed by atoms with Crippen molar-refractivity contribution < 1.29 is 4.79 Å². The van der Waals surface area contributed by atoms with Crippen LogP contribution < -0.4 is 4.46 Å². The Bertz CT molecular complexity index is 357. The Morgan fingerprint density at radius 3 is 2.69 bits per heavy atom. The molecule has 0 aliphatic heterocycles. The summed E-state index contributed by atoms with van der Waals surface area (Å²) in [4.78, 5) is 11.6. The second-order valence-electron chi connectivity index (χ2n) is 3.42. The Labute approximate surface area is 108 Å². The van der Waals surface area contributed by atoms with E-state index >= 15 is 0 Å². The maximum absolute atomic E-state index is 11.6. The van der Waals surface area contributed by atoms with Crippen LogP contribution in [0.1, 0.15) is 26.2 Å². The van der Waals surface area contributed by atoms with Crippen LogP contribution in [0.2, 0.25) is 5.02 Å². The van der Waals surface area contributed by atoms with Crippen molar-refractivity contribution in [2.75, 3.05) is 0 Å². The Balaban J connectivity index is 2.39. The van der Waals surface area contributed by atoms with Gasteiger partial charge in [-0.1, -0.05) is 0 Å². The number of allylic oxidation sites excluding steroid dienone is 2. The van der Waals surface area contributed by atoms with Crippen LogP contribution in [0, 0.1) is 0 Å². The molecule has 0 saturated heterocycles. The topological polar surface area (TPSA) is 17.1 Å². The quantitative estimate of drug-likeness (QED) is 0.448. The van der Waals surface area contributed by atoms with E-state index in [-0.39, 0.29) is 19.6 Å². The zero-order valence-electron chi connectivity index (χ0n) is 9.28. The van der Waals surface area contributed by atoms with Crippen LogP contribution in [0.3, 0.4) is 0 Å². The molecule has 0 spiro atoms. The minimum atomic E-state index is -0.118. The number of hydrogen-bond donors (Lipinski definition) is 0. The summed E-state index contributed by atoms with van der Waals surface area (Å²) in [6.07, 6.45) is 7.01. The number of carbonyl (C=O) groups is 1. The van der Waals surface area contributed by atoms with Gasteiger partial charge in [-0.05, 0) is 0 Å². The molecule has 0 fully saturated rings. The molecule has 0 aliphatic carbocycles. The first-order valence-corrected chi connectivity index (χ1v) is 7.45. The second-order valence-corrected chi connectivity index (χ2v) is 6.12. The summed E-state index contributed by atoms with van der Waals surface area (Å²) in [7, 11) is 0. The van der Waals surface area contributed by atoms with E-state index in [4.69, 9.17) is 11.6 Å². The predicted octanol–water partition coefficient (Wildman–Crippen LogP) is 2.94. The van der Waals surface area contributed by atoms with Crippen molar-refractivity contribution in [2.45, 2.75) is 26.2 Å². The fraction of sp³-hybridized carbons (Fsp3) is 0.308. The van der Waals surface area contributed by atoms with Crippen LogP contribution in [0.4, 0.5) is 0 Å². The summed E-state index contributed by atoms with van der Waals surface area (Å²) in [6, 6.07) is 7.49. The summed E-state index contributed by atoms with van der Waals surface area (Å²) in [5.74, 6) is 0. The summed E-state index contributed by atoms with van der Waals surface area (Å²) in [6.45, 7) is 2.15. The molecule has 0 radical (unpaired) electrons. The van der Waals surface area contributed by atoms with E-state index in [1.165, 1.54) is 6.42 Å². The van der Waals surface area contributed by atoms with Crippen LogP contribution >= 0.6 is 11.6 Å². The van der Waals surface area contributed by atoms with Crippen LogP contribution in [0.5, 0.6) is 0 Å². The van der Waals surface area contributed by atoms with Gasteiger partial charge in [-0.2, -0.15) is 0 Å². The molecule has 0 bridgehead atoms. The number of rotatable bonds is 6. The van der Waals surface area contributed by atoms with Crippen LogP contribution in [-0.4, -0.2) is 19.6 Å². The van der Waals surface area contributed by atoms with Crippen molar-refractivity contribution in [3.05, 3.63) is 41.4 Å². The van der Waals surface area contributed by atoms with Crippen molar-refractivity contribution in [3.63, 3.8) is 0 Å². The van der Waals surface area contributed by atoms with Crippen molar-refractivity contribution in [1.29, 1.82) is 0 Å². The summed E-state index contributed by atoms with van der Waals surface area (Å²) < 4.78 is 1.29. The van der Waals surface area contributed by atoms with Crippen molar-refractivity contribution in [1.82, 2.24) is 0 Å². The van der Waals surface area contributed by atoms with Crippen LogP contribution in [0.15, 0.2) is 36.4 Å². The van der Waals surface area contributed by atoms with E-state index < -0.39 is 0 Å². The summed E-state index contributed by atoms with van der Waals surface area (Å²) in [5.41, 5.74) is 0. The third kappa shape index (κ3) is 5.50. The van der Waals surface area contributed by atoms with Gasteiger partial charge in [-0.25, -0.2) is 0 Å². The van der Waals surface area contributed by atoms with Gasteiger partial charge in [0.1, 0.15) is 0 Å². The van der Waals surface area contributed by atoms with Gasteiger partial charge in [0.25, 0.3) is 0 Å². The Morgan fingerprint density at radius 1 is 1.38 bits per heavy atom. The van der Waals surface area contributed by atoms with Crippen LogP contribution in [0.25, 0.3) is 0 Å². The maximum atomic E-state index is 11.6. The molecule has 1 nitrogen and oxygen atoms in total. The Kier molecular flexibility index (Phi) is 6.47. The monoisotopic (exact) mass is 302 g/mol. The van der Waals surface area contributed by atoms with E-state index in [0.29, 0.717) is 5.02 Å². The van der Waals surface area contributed by atoms with Crippen molar-refractivity contribution >= 4 is 35.7 Å². The SMILES string of the molecule is CCCC/C=C/C(=O)[Se]c1ccc(Cl)cc1. The molecule has 16 heavy (non-hydrogen) atoms. The molecular weight excluding hydrogens is 287 g/mol. The van der Waals surface area contributed by atoms with Gasteiger partial charge in [0.2, 0.25) is 0 Å². The molecule has 1 aromatic carbocycles. The molecule has 86 valence electrons. The molecule has 0 heterocycles. The second kappa shape index (κ2) is 7.67. The van der Waals surface area contributed by atoms with Gasteiger partial charge in [0.15, 0.2) is 0 Å². The van der Waals surface area contributed by atoms with Gasteiger partial charge in [-0.3, -0.25) is 0 Å². The van der Waals surface area contributed by atoms with Crippen LogP contribution in [-0.2, 0) is 4.79 Å². The van der Waals surface area contributed by atoms with Gasteiger partial charge in [-0.15, -0.1) is 0 Å². The molecule has 1 aromatic rings. The van der Waals surface area contributed by atoms with Gasteiger partial charge >= 0.3 is 108 Å². The third-order valence-electron chi connectivity index (χ3n) is 2.01. The molecule has 1 rings (SSSR count). The number of unbranched alkanes of at least 4 members (excludes halogenated alkanes) is 2. The van der Waals surface area contributed by atoms with E-state index in [1.54, 1.807) is 6.08 Å². The number of hydrogen-bond acceptors (Lipinski definition) is 1. The van der Waals surface area contributed by atoms with Gasteiger partial charge < -0.3 is 0 Å². The fourth-order valence-corrected chi connectivity index (χ4v) is 2.68. The molecule has 3 heteroatoms. The molecule has 0 unspecified atom stereocenters. The average molecular weight is 302 g/mol. The predicted molar refractivity (Wildman–Crippen MR) is 70.5 cm³/mol. The summed E-state index contributed by atoms with van der Waals surface area (Å²) >= 11 is 5.66. The zero-order valence-corrected chi connectivity index (χ0v) is 11.7. The average Bonchev–Trinajstić information content (AvgIpc) is 2.28. The normalized spacial score (nSPS) is 10.9. The first kappa shape index (κ1) is 13.5. The third-order valence-corrected chi connectivity index (χ3v) is 4.04. The standard InChI is InChI=1S/C13H15ClOSe/c1-2-3-4-5-6-13(15)16-12-9-7-11(14)8-10-12/h5-10H,2-4H2,1H3/b6-5+. The van der Waals surface area contributed by atoms with Crippen molar-refractivity contribution in [2.24, 2.45) is 0 Å². The van der Waals surface area contributed by atoms with E-state index in [2.05, 4.69) is 6.92 Å². The molecule has 0 saturated carbocycles. The number of benzene rings is 1. The van der Waals surface area contributed by atoms with E-state index in [1.807, 2.05) is 30.3 Å². The Hall–Kier alpha value is -0.561. The minimum absolute atomic E-state index is 0.118. The van der Waals surface area contributed by atoms with Gasteiger partial charge in [0, 0.05) is 0 Å². The first-order chi connectivity index (χ1) is 7.72. The molecule has 0 amide bonds. The van der Waals surface area contributed by atoms with Gasteiger partial charge in [0.05, 0.1) is 0 Å². The number of halogens is 1. The zero-order chi connectivity index (χ0) is 11.8. The van der Waals surface area contributed by atoms with Crippen molar-refractivity contribution in [3.8, 4) is 0 Å². The molecule has 0 aliphatic rings. The molecule has 0 N–H and O–H groups in total. The van der Waals surface area contributed by atoms with E-state index in [9.17, 15) is 4.79 Å². The first-order valence-electron chi connectivity index (χ1n) is 5.36. The number of carbonyl (C=O) groups excluding carboxylic acids is 1.